The second-order valence-corrected chi connectivity index (χ2v) is 11.4. The monoisotopic (exact) mass is 573 g/mol. The first kappa shape index (κ1) is 26.7. The van der Waals surface area contributed by atoms with E-state index in [0.29, 0.717) is 0 Å². The van der Waals surface area contributed by atoms with Crippen molar-refractivity contribution in [2.24, 2.45) is 0 Å². The summed E-state index contributed by atoms with van der Waals surface area (Å²) in [5, 5.41) is 5.10. The van der Waals surface area contributed by atoms with Crippen molar-refractivity contribution < 1.29 is 0 Å². The Morgan fingerprint density at radius 2 is 0.733 bits per heavy atom. The van der Waals surface area contributed by atoms with Crippen LogP contribution in [-0.2, 0) is 0 Å². The summed E-state index contributed by atoms with van der Waals surface area (Å²) in [4.78, 5) is 2.32. The van der Waals surface area contributed by atoms with E-state index in [4.69, 9.17) is 0 Å². The molecule has 0 radical (unpaired) electrons. The Bertz CT molecular complexity index is 2230. The summed E-state index contributed by atoms with van der Waals surface area (Å²) in [5.41, 5.74) is 10.7. The Morgan fingerprint density at radius 1 is 0.267 bits per heavy atom. The van der Waals surface area contributed by atoms with Crippen molar-refractivity contribution in [1.82, 2.24) is 0 Å². The van der Waals surface area contributed by atoms with Crippen molar-refractivity contribution in [2.45, 2.75) is 0 Å². The van der Waals surface area contributed by atoms with Gasteiger partial charge in [0.25, 0.3) is 0 Å². The molecule has 0 N–H and O–H groups in total. The number of hydrogen-bond acceptors (Lipinski definition) is 1. The first-order valence-corrected chi connectivity index (χ1v) is 15.4. The third-order valence-corrected chi connectivity index (χ3v) is 8.67. The van der Waals surface area contributed by atoms with Crippen LogP contribution in [0.2, 0.25) is 0 Å². The van der Waals surface area contributed by atoms with Gasteiger partial charge in [-0.3, -0.25) is 0 Å². The fraction of sp³-hybridized carbons (Fsp3) is 0. The van der Waals surface area contributed by atoms with Crippen LogP contribution in [0.15, 0.2) is 188 Å². The molecule has 8 aromatic carbocycles. The SMILES string of the molecule is c1ccc(-c2ccc(N(c3ccccc3)c3ccc(-c4ccccc4-c4cc5ccccc5c5ccccc45)cc3)cc2)cc1. The molecule has 0 aliphatic rings. The van der Waals surface area contributed by atoms with Gasteiger partial charge in [-0.05, 0) is 97.4 Å². The van der Waals surface area contributed by atoms with E-state index in [0.717, 1.165) is 17.1 Å². The van der Waals surface area contributed by atoms with Crippen LogP contribution in [0.1, 0.15) is 0 Å². The minimum atomic E-state index is 1.12. The van der Waals surface area contributed by atoms with Gasteiger partial charge in [-0.2, -0.15) is 0 Å². The molecule has 0 saturated carbocycles. The first-order valence-electron chi connectivity index (χ1n) is 15.4. The van der Waals surface area contributed by atoms with Gasteiger partial charge < -0.3 is 4.90 Å². The highest BCUT2D eigenvalue weighted by molar-refractivity contribution is 6.14. The minimum absolute atomic E-state index is 1.12. The summed E-state index contributed by atoms with van der Waals surface area (Å²) in [5.74, 6) is 0. The van der Waals surface area contributed by atoms with Crippen molar-refractivity contribution in [3.05, 3.63) is 188 Å². The molecule has 8 aromatic rings. The number of fused-ring (bicyclic) bond motifs is 3. The van der Waals surface area contributed by atoms with Crippen LogP contribution in [0, 0.1) is 0 Å². The smallest absolute Gasteiger partial charge is 0.0462 e. The van der Waals surface area contributed by atoms with E-state index >= 15 is 0 Å². The van der Waals surface area contributed by atoms with Gasteiger partial charge in [0.1, 0.15) is 0 Å². The van der Waals surface area contributed by atoms with Crippen molar-refractivity contribution in [3.8, 4) is 33.4 Å². The molecular formula is C44H31N. The lowest BCUT2D eigenvalue weighted by Gasteiger charge is -2.26. The third-order valence-electron chi connectivity index (χ3n) is 8.67. The zero-order valence-electron chi connectivity index (χ0n) is 24.8. The topological polar surface area (TPSA) is 3.24 Å². The summed E-state index contributed by atoms with van der Waals surface area (Å²) in [6.07, 6.45) is 0. The van der Waals surface area contributed by atoms with Crippen molar-refractivity contribution in [3.63, 3.8) is 0 Å². The Morgan fingerprint density at radius 3 is 1.42 bits per heavy atom. The van der Waals surface area contributed by atoms with Gasteiger partial charge in [0.05, 0.1) is 0 Å². The highest BCUT2D eigenvalue weighted by atomic mass is 15.1. The summed E-state index contributed by atoms with van der Waals surface area (Å²) in [7, 11) is 0. The normalized spacial score (nSPS) is 11.1. The molecule has 0 aliphatic heterocycles. The van der Waals surface area contributed by atoms with E-state index in [1.165, 1.54) is 54.9 Å². The van der Waals surface area contributed by atoms with Crippen molar-refractivity contribution in [1.29, 1.82) is 0 Å². The molecule has 1 nitrogen and oxygen atoms in total. The van der Waals surface area contributed by atoms with Gasteiger partial charge in [0.2, 0.25) is 0 Å². The average molecular weight is 574 g/mol. The molecule has 8 rings (SSSR count). The number of benzene rings is 8. The maximum atomic E-state index is 2.35. The van der Waals surface area contributed by atoms with E-state index in [2.05, 4.69) is 193 Å². The van der Waals surface area contributed by atoms with Gasteiger partial charge in [0.15, 0.2) is 0 Å². The molecule has 45 heavy (non-hydrogen) atoms. The van der Waals surface area contributed by atoms with Gasteiger partial charge >= 0.3 is 0 Å². The standard InChI is InChI=1S/C44H31N/c1-3-13-32(14-4-1)33-23-27-37(28-24-33)45(36-16-5-2-6-17-36)38-29-25-34(26-30-38)39-18-9-10-21-42(39)44-31-35-15-7-8-19-40(35)41-20-11-12-22-43(41)44/h1-31H. The Hall–Kier alpha value is -5.92. The molecule has 0 bridgehead atoms. The Labute approximate surface area is 264 Å². The second-order valence-electron chi connectivity index (χ2n) is 11.4. The zero-order chi connectivity index (χ0) is 30.0. The molecule has 0 aromatic heterocycles. The van der Waals surface area contributed by atoms with Crippen LogP contribution in [0.5, 0.6) is 0 Å². The minimum Gasteiger partial charge on any atom is -0.311 e. The lowest BCUT2D eigenvalue weighted by Crippen LogP contribution is -2.09. The van der Waals surface area contributed by atoms with Crippen LogP contribution < -0.4 is 4.90 Å². The lowest BCUT2D eigenvalue weighted by molar-refractivity contribution is 1.28. The molecule has 0 spiro atoms. The van der Waals surface area contributed by atoms with Crippen LogP contribution >= 0.6 is 0 Å². The van der Waals surface area contributed by atoms with Crippen LogP contribution in [0.25, 0.3) is 54.9 Å². The van der Waals surface area contributed by atoms with E-state index in [9.17, 15) is 0 Å². The molecule has 0 fully saturated rings. The number of rotatable bonds is 6. The number of anilines is 3. The Balaban J connectivity index is 1.21. The number of nitrogens with zero attached hydrogens (tertiary/aromatic N) is 1. The summed E-state index contributed by atoms with van der Waals surface area (Å²) >= 11 is 0. The quantitative estimate of drug-likeness (QED) is 0.179. The van der Waals surface area contributed by atoms with Crippen LogP contribution in [-0.4, -0.2) is 0 Å². The van der Waals surface area contributed by atoms with E-state index in [1.54, 1.807) is 0 Å². The second kappa shape index (κ2) is 11.6. The summed E-state index contributed by atoms with van der Waals surface area (Å²) in [6.45, 7) is 0. The molecule has 0 aliphatic carbocycles. The Kier molecular flexibility index (Phi) is 6.90. The molecule has 1 heteroatoms. The fourth-order valence-corrected chi connectivity index (χ4v) is 6.49. The fourth-order valence-electron chi connectivity index (χ4n) is 6.49. The maximum Gasteiger partial charge on any atom is 0.0462 e. The van der Waals surface area contributed by atoms with Gasteiger partial charge in [0, 0.05) is 17.1 Å². The zero-order valence-corrected chi connectivity index (χ0v) is 24.8. The first-order chi connectivity index (χ1) is 22.3. The molecule has 0 unspecified atom stereocenters. The van der Waals surface area contributed by atoms with Crippen LogP contribution in [0.4, 0.5) is 17.1 Å². The molecule has 0 saturated heterocycles. The predicted molar refractivity (Wildman–Crippen MR) is 192 cm³/mol. The van der Waals surface area contributed by atoms with E-state index < -0.39 is 0 Å². The number of hydrogen-bond donors (Lipinski definition) is 0. The van der Waals surface area contributed by atoms with Gasteiger partial charge in [-0.25, -0.2) is 0 Å². The largest absolute Gasteiger partial charge is 0.311 e. The average Bonchev–Trinajstić information content (AvgIpc) is 3.13. The maximum absolute atomic E-state index is 2.35. The molecule has 0 heterocycles. The van der Waals surface area contributed by atoms with E-state index in [-0.39, 0.29) is 0 Å². The highest BCUT2D eigenvalue weighted by Gasteiger charge is 2.15. The highest BCUT2D eigenvalue weighted by Crippen LogP contribution is 2.41. The summed E-state index contributed by atoms with van der Waals surface area (Å²) < 4.78 is 0. The predicted octanol–water partition coefficient (Wildman–Crippen LogP) is 12.5. The van der Waals surface area contributed by atoms with Gasteiger partial charge in [-0.15, -0.1) is 0 Å². The molecule has 212 valence electrons. The molecule has 0 atom stereocenters. The van der Waals surface area contributed by atoms with E-state index in [1.807, 2.05) is 0 Å². The van der Waals surface area contributed by atoms with Crippen molar-refractivity contribution >= 4 is 38.6 Å². The third kappa shape index (κ3) is 5.05. The molecular weight excluding hydrogens is 542 g/mol. The summed E-state index contributed by atoms with van der Waals surface area (Å²) in [6, 6.07) is 67.5. The number of para-hydroxylation sites is 1. The lowest BCUT2D eigenvalue weighted by atomic mass is 9.89. The van der Waals surface area contributed by atoms with Crippen LogP contribution in [0.3, 0.4) is 0 Å². The molecule has 0 amide bonds. The van der Waals surface area contributed by atoms with Crippen molar-refractivity contribution in [2.75, 3.05) is 4.90 Å². The van der Waals surface area contributed by atoms with Gasteiger partial charge in [-0.1, -0.05) is 146 Å².